The summed E-state index contributed by atoms with van der Waals surface area (Å²) in [5.74, 6) is -0.954. The van der Waals surface area contributed by atoms with Crippen molar-refractivity contribution in [1.82, 2.24) is 19.7 Å². The smallest absolute Gasteiger partial charge is 0.293 e. The molecular formula is C22H17ClFN5O2S. The standard InChI is InChI=1S/C22H17ClFN5O2S/c1-28(13-19(30)25-17-6-3-2-5-16(17)23)22(31)20-26-21(18-7-4-12-32-18)29(27-20)15-10-8-14(24)9-11-15/h2-12H,13H2,1H3,(H,25,30). The van der Waals surface area contributed by atoms with Crippen molar-refractivity contribution in [3.05, 3.63) is 82.7 Å². The first-order valence-corrected chi connectivity index (χ1v) is 10.7. The Morgan fingerprint density at radius 2 is 1.88 bits per heavy atom. The molecule has 32 heavy (non-hydrogen) atoms. The summed E-state index contributed by atoms with van der Waals surface area (Å²) in [6, 6.07) is 16.2. The molecule has 0 aliphatic carbocycles. The molecule has 0 radical (unpaired) electrons. The zero-order valence-corrected chi connectivity index (χ0v) is 18.4. The van der Waals surface area contributed by atoms with Crippen LogP contribution in [0, 0.1) is 5.82 Å². The molecule has 2 amide bonds. The Balaban J connectivity index is 1.56. The third kappa shape index (κ3) is 4.68. The highest BCUT2D eigenvalue weighted by Crippen LogP contribution is 2.26. The maximum absolute atomic E-state index is 13.4. The molecule has 162 valence electrons. The molecule has 0 spiro atoms. The number of halogens is 2. The van der Waals surface area contributed by atoms with Gasteiger partial charge in [0.15, 0.2) is 5.82 Å². The van der Waals surface area contributed by atoms with E-state index in [9.17, 15) is 14.0 Å². The van der Waals surface area contributed by atoms with Crippen molar-refractivity contribution in [3.63, 3.8) is 0 Å². The Hall–Kier alpha value is -3.56. The Bertz CT molecular complexity index is 1260. The van der Waals surface area contributed by atoms with Crippen molar-refractivity contribution >= 4 is 40.4 Å². The number of hydrogen-bond donors (Lipinski definition) is 1. The van der Waals surface area contributed by atoms with Gasteiger partial charge in [0.2, 0.25) is 11.7 Å². The molecule has 0 fully saturated rings. The van der Waals surface area contributed by atoms with Crippen LogP contribution in [0.15, 0.2) is 66.0 Å². The van der Waals surface area contributed by atoms with E-state index in [-0.39, 0.29) is 18.2 Å². The second kappa shape index (κ2) is 9.29. The average molecular weight is 470 g/mol. The molecule has 4 rings (SSSR count). The summed E-state index contributed by atoms with van der Waals surface area (Å²) in [5, 5.41) is 9.29. The number of thiophene rings is 1. The molecule has 0 aliphatic rings. The van der Waals surface area contributed by atoms with E-state index < -0.39 is 11.8 Å². The number of rotatable bonds is 6. The summed E-state index contributed by atoms with van der Waals surface area (Å²) in [4.78, 5) is 31.7. The second-order valence-electron chi connectivity index (χ2n) is 6.81. The number of likely N-dealkylation sites (N-methyl/N-ethyl adjacent to an activating group) is 1. The number of hydrogen-bond acceptors (Lipinski definition) is 5. The summed E-state index contributed by atoms with van der Waals surface area (Å²) in [6.07, 6.45) is 0. The van der Waals surface area contributed by atoms with E-state index in [0.29, 0.717) is 22.2 Å². The fourth-order valence-electron chi connectivity index (χ4n) is 2.94. The van der Waals surface area contributed by atoms with Crippen LogP contribution in [0.4, 0.5) is 10.1 Å². The molecule has 0 saturated heterocycles. The van der Waals surface area contributed by atoms with Gasteiger partial charge in [0.1, 0.15) is 5.82 Å². The molecule has 4 aromatic rings. The van der Waals surface area contributed by atoms with Crippen molar-refractivity contribution in [2.45, 2.75) is 0 Å². The minimum atomic E-state index is -0.530. The number of nitrogens with zero attached hydrogens (tertiary/aromatic N) is 4. The predicted molar refractivity (Wildman–Crippen MR) is 122 cm³/mol. The number of para-hydroxylation sites is 1. The van der Waals surface area contributed by atoms with E-state index in [2.05, 4.69) is 15.4 Å². The first-order chi connectivity index (χ1) is 15.4. The molecule has 7 nitrogen and oxygen atoms in total. The molecule has 2 aromatic carbocycles. The van der Waals surface area contributed by atoms with E-state index in [4.69, 9.17) is 11.6 Å². The van der Waals surface area contributed by atoms with Crippen LogP contribution in [-0.2, 0) is 4.79 Å². The van der Waals surface area contributed by atoms with Crippen LogP contribution in [0.3, 0.4) is 0 Å². The number of nitrogens with one attached hydrogen (secondary N) is 1. The number of carbonyl (C=O) groups excluding carboxylic acids is 2. The van der Waals surface area contributed by atoms with Crippen LogP contribution in [0.5, 0.6) is 0 Å². The molecule has 0 atom stereocenters. The van der Waals surface area contributed by atoms with Crippen LogP contribution in [0.2, 0.25) is 5.02 Å². The minimum Gasteiger partial charge on any atom is -0.330 e. The van der Waals surface area contributed by atoms with E-state index >= 15 is 0 Å². The van der Waals surface area contributed by atoms with Gasteiger partial charge in [-0.1, -0.05) is 29.8 Å². The van der Waals surface area contributed by atoms with Crippen molar-refractivity contribution in [3.8, 4) is 16.4 Å². The maximum Gasteiger partial charge on any atom is 0.293 e. The third-order valence-corrected chi connectivity index (χ3v) is 5.68. The van der Waals surface area contributed by atoms with Gasteiger partial charge >= 0.3 is 0 Å². The molecule has 10 heteroatoms. The van der Waals surface area contributed by atoms with Gasteiger partial charge < -0.3 is 10.2 Å². The molecule has 0 bridgehead atoms. The van der Waals surface area contributed by atoms with Gasteiger partial charge in [-0.05, 0) is 47.8 Å². The number of aromatic nitrogens is 3. The molecule has 2 aromatic heterocycles. The lowest BCUT2D eigenvalue weighted by Crippen LogP contribution is -2.35. The van der Waals surface area contributed by atoms with Crippen molar-refractivity contribution in [2.75, 3.05) is 18.9 Å². The highest BCUT2D eigenvalue weighted by Gasteiger charge is 2.23. The van der Waals surface area contributed by atoms with Gasteiger partial charge in [0.25, 0.3) is 5.91 Å². The van der Waals surface area contributed by atoms with E-state index in [1.54, 1.807) is 36.4 Å². The number of benzene rings is 2. The molecule has 0 saturated carbocycles. The summed E-state index contributed by atoms with van der Waals surface area (Å²) in [6.45, 7) is -0.219. The van der Waals surface area contributed by atoms with Gasteiger partial charge in [-0.15, -0.1) is 16.4 Å². The van der Waals surface area contributed by atoms with Gasteiger partial charge in [0.05, 0.1) is 27.8 Å². The molecule has 2 heterocycles. The van der Waals surface area contributed by atoms with Crippen LogP contribution < -0.4 is 5.32 Å². The minimum absolute atomic E-state index is 0.0780. The third-order valence-electron chi connectivity index (χ3n) is 4.49. The second-order valence-corrected chi connectivity index (χ2v) is 8.17. The number of carbonyl (C=O) groups is 2. The molecular weight excluding hydrogens is 453 g/mol. The maximum atomic E-state index is 13.4. The zero-order valence-electron chi connectivity index (χ0n) is 16.8. The summed E-state index contributed by atoms with van der Waals surface area (Å²) in [7, 11) is 1.48. The summed E-state index contributed by atoms with van der Waals surface area (Å²) < 4.78 is 14.9. The fraction of sp³-hybridized carbons (Fsp3) is 0.0909. The van der Waals surface area contributed by atoms with Crippen LogP contribution in [0.1, 0.15) is 10.6 Å². The van der Waals surface area contributed by atoms with Crippen molar-refractivity contribution < 1.29 is 14.0 Å². The summed E-state index contributed by atoms with van der Waals surface area (Å²) in [5.41, 5.74) is 1.01. The van der Waals surface area contributed by atoms with Crippen molar-refractivity contribution in [2.24, 2.45) is 0 Å². The lowest BCUT2D eigenvalue weighted by molar-refractivity contribution is -0.116. The van der Waals surface area contributed by atoms with Gasteiger partial charge in [0, 0.05) is 7.05 Å². The first kappa shape index (κ1) is 21.7. The number of amides is 2. The topological polar surface area (TPSA) is 80.1 Å². The lowest BCUT2D eigenvalue weighted by Gasteiger charge is -2.15. The van der Waals surface area contributed by atoms with E-state index in [1.807, 2.05) is 17.5 Å². The molecule has 0 unspecified atom stereocenters. The zero-order chi connectivity index (χ0) is 22.7. The number of anilines is 1. The molecule has 0 aliphatic heterocycles. The lowest BCUT2D eigenvalue weighted by atomic mass is 10.3. The quantitative estimate of drug-likeness (QED) is 0.451. The van der Waals surface area contributed by atoms with Gasteiger partial charge in [-0.25, -0.2) is 14.1 Å². The van der Waals surface area contributed by atoms with Crippen LogP contribution >= 0.6 is 22.9 Å². The first-order valence-electron chi connectivity index (χ1n) is 9.49. The van der Waals surface area contributed by atoms with Gasteiger partial charge in [-0.3, -0.25) is 9.59 Å². The highest BCUT2D eigenvalue weighted by atomic mass is 35.5. The van der Waals surface area contributed by atoms with E-state index in [1.165, 1.54) is 40.1 Å². The Morgan fingerprint density at radius 1 is 1.12 bits per heavy atom. The fourth-order valence-corrected chi connectivity index (χ4v) is 3.82. The predicted octanol–water partition coefficient (Wildman–Crippen LogP) is 4.50. The molecule has 1 N–H and O–H groups in total. The largest absolute Gasteiger partial charge is 0.330 e. The normalized spacial score (nSPS) is 10.7. The highest BCUT2D eigenvalue weighted by molar-refractivity contribution is 7.13. The Labute approximate surface area is 192 Å². The Kier molecular flexibility index (Phi) is 6.29. The SMILES string of the molecule is CN(CC(=O)Nc1ccccc1Cl)C(=O)c1nc(-c2cccs2)n(-c2ccc(F)cc2)n1. The summed E-state index contributed by atoms with van der Waals surface area (Å²) >= 11 is 7.50. The van der Waals surface area contributed by atoms with E-state index in [0.717, 1.165) is 4.88 Å². The van der Waals surface area contributed by atoms with Crippen molar-refractivity contribution in [1.29, 1.82) is 0 Å². The average Bonchev–Trinajstić information content (AvgIpc) is 3.45. The van der Waals surface area contributed by atoms with Crippen LogP contribution in [0.25, 0.3) is 16.4 Å². The van der Waals surface area contributed by atoms with Gasteiger partial charge in [-0.2, -0.15) is 0 Å². The monoisotopic (exact) mass is 469 g/mol. The van der Waals surface area contributed by atoms with Crippen LogP contribution in [-0.4, -0.2) is 45.1 Å². The Morgan fingerprint density at radius 3 is 2.56 bits per heavy atom.